The molecule has 1 aromatic heterocycles. The van der Waals surface area contributed by atoms with Crippen LogP contribution in [0, 0.1) is 5.82 Å². The third-order valence-electron chi connectivity index (χ3n) is 2.14. The topological polar surface area (TPSA) is 46.0 Å². The zero-order valence-corrected chi connectivity index (χ0v) is 10.5. The van der Waals surface area contributed by atoms with Crippen molar-refractivity contribution < 1.29 is 9.50 Å². The molecular formula is C10H8BrFN2OS. The van der Waals surface area contributed by atoms with Gasteiger partial charge in [-0.25, -0.2) is 4.39 Å². The van der Waals surface area contributed by atoms with E-state index in [0.29, 0.717) is 14.9 Å². The van der Waals surface area contributed by atoms with Crippen LogP contribution >= 0.6 is 27.5 Å². The van der Waals surface area contributed by atoms with Gasteiger partial charge in [-0.2, -0.15) is 0 Å². The molecule has 6 heteroatoms. The maximum Gasteiger partial charge on any atom is 0.127 e. The Bertz CT molecular complexity index is 478. The first kappa shape index (κ1) is 11.6. The maximum absolute atomic E-state index is 13.5. The fourth-order valence-electron chi connectivity index (χ4n) is 1.32. The van der Waals surface area contributed by atoms with Crippen LogP contribution in [0.4, 0.5) is 4.39 Å². The van der Waals surface area contributed by atoms with E-state index in [0.717, 1.165) is 11.5 Å². The van der Waals surface area contributed by atoms with Gasteiger partial charge in [-0.05, 0) is 29.2 Å². The van der Waals surface area contributed by atoms with Crippen LogP contribution in [0.15, 0.2) is 28.9 Å². The molecule has 84 valence electrons. The Kier molecular flexibility index (Phi) is 3.63. The van der Waals surface area contributed by atoms with Crippen LogP contribution in [0.25, 0.3) is 0 Å². The fourth-order valence-corrected chi connectivity index (χ4v) is 2.14. The smallest absolute Gasteiger partial charge is 0.127 e. The maximum atomic E-state index is 13.5. The van der Waals surface area contributed by atoms with E-state index >= 15 is 0 Å². The number of hydrogen-bond acceptors (Lipinski definition) is 4. The van der Waals surface area contributed by atoms with Gasteiger partial charge in [0.15, 0.2) is 0 Å². The summed E-state index contributed by atoms with van der Waals surface area (Å²) < 4.78 is 17.8. The first-order valence-corrected chi connectivity index (χ1v) is 6.12. The third kappa shape index (κ3) is 2.63. The molecule has 0 aliphatic rings. The van der Waals surface area contributed by atoms with Gasteiger partial charge in [0, 0.05) is 10.9 Å². The van der Waals surface area contributed by atoms with E-state index in [4.69, 9.17) is 0 Å². The molecule has 0 saturated carbocycles. The number of aliphatic hydroxyl groups excluding tert-OH is 1. The van der Waals surface area contributed by atoms with E-state index in [-0.39, 0.29) is 12.2 Å². The van der Waals surface area contributed by atoms with Gasteiger partial charge in [-0.3, -0.25) is 0 Å². The summed E-state index contributed by atoms with van der Waals surface area (Å²) in [7, 11) is 0. The van der Waals surface area contributed by atoms with Crippen molar-refractivity contribution in [2.45, 2.75) is 12.5 Å². The number of halogens is 2. The standard InChI is InChI=1S/C10H8BrFN2OS/c11-7-2-1-6(8(12)4-7)3-9(15)10-5-13-14-16-10/h1-2,4-5,9,15H,3H2. The second kappa shape index (κ2) is 4.99. The molecule has 3 nitrogen and oxygen atoms in total. The molecule has 0 saturated heterocycles. The Morgan fingerprint density at radius 2 is 2.31 bits per heavy atom. The molecule has 1 N–H and O–H groups in total. The molecule has 1 aromatic carbocycles. The van der Waals surface area contributed by atoms with Crippen molar-refractivity contribution in [2.24, 2.45) is 0 Å². The zero-order chi connectivity index (χ0) is 11.5. The summed E-state index contributed by atoms with van der Waals surface area (Å²) in [5.41, 5.74) is 0.476. The lowest BCUT2D eigenvalue weighted by Crippen LogP contribution is -2.01. The zero-order valence-electron chi connectivity index (χ0n) is 8.10. The fraction of sp³-hybridized carbons (Fsp3) is 0.200. The van der Waals surface area contributed by atoms with E-state index < -0.39 is 6.10 Å². The van der Waals surface area contributed by atoms with Crippen LogP contribution in [-0.2, 0) is 6.42 Å². The van der Waals surface area contributed by atoms with Crippen LogP contribution in [0.1, 0.15) is 16.5 Å². The van der Waals surface area contributed by atoms with Crippen LogP contribution in [0.5, 0.6) is 0 Å². The molecule has 2 aromatic rings. The minimum absolute atomic E-state index is 0.225. The Balaban J connectivity index is 2.15. The summed E-state index contributed by atoms with van der Waals surface area (Å²) in [4.78, 5) is 0.641. The quantitative estimate of drug-likeness (QED) is 0.948. The van der Waals surface area contributed by atoms with E-state index in [1.54, 1.807) is 12.1 Å². The van der Waals surface area contributed by atoms with Crippen molar-refractivity contribution in [3.63, 3.8) is 0 Å². The number of rotatable bonds is 3. The molecule has 2 rings (SSSR count). The molecule has 0 bridgehead atoms. The number of nitrogens with zero attached hydrogens (tertiary/aromatic N) is 2. The van der Waals surface area contributed by atoms with Gasteiger partial charge in [-0.1, -0.05) is 26.5 Å². The van der Waals surface area contributed by atoms with Crippen LogP contribution in [-0.4, -0.2) is 14.7 Å². The molecule has 0 aliphatic carbocycles. The molecule has 1 unspecified atom stereocenters. The third-order valence-corrected chi connectivity index (χ3v) is 3.39. The van der Waals surface area contributed by atoms with Gasteiger partial charge in [0.25, 0.3) is 0 Å². The van der Waals surface area contributed by atoms with Crippen molar-refractivity contribution in [2.75, 3.05) is 0 Å². The molecule has 0 radical (unpaired) electrons. The van der Waals surface area contributed by atoms with E-state index in [9.17, 15) is 9.50 Å². The van der Waals surface area contributed by atoms with Crippen LogP contribution in [0.3, 0.4) is 0 Å². The predicted molar refractivity (Wildman–Crippen MR) is 62.7 cm³/mol. The van der Waals surface area contributed by atoms with Crippen LogP contribution in [0.2, 0.25) is 0 Å². The summed E-state index contributed by atoms with van der Waals surface area (Å²) in [6.45, 7) is 0. The molecule has 0 amide bonds. The lowest BCUT2D eigenvalue weighted by atomic mass is 10.1. The average molecular weight is 303 g/mol. The lowest BCUT2D eigenvalue weighted by Gasteiger charge is -2.08. The van der Waals surface area contributed by atoms with Gasteiger partial charge in [0.2, 0.25) is 0 Å². The molecule has 0 spiro atoms. The number of aliphatic hydroxyl groups is 1. The minimum Gasteiger partial charge on any atom is -0.387 e. The van der Waals surface area contributed by atoms with Crippen molar-refractivity contribution in [3.05, 3.63) is 45.1 Å². The largest absolute Gasteiger partial charge is 0.387 e. The Morgan fingerprint density at radius 3 is 2.94 bits per heavy atom. The Morgan fingerprint density at radius 1 is 1.50 bits per heavy atom. The highest BCUT2D eigenvalue weighted by atomic mass is 79.9. The minimum atomic E-state index is -0.754. The summed E-state index contributed by atoms with van der Waals surface area (Å²) in [5, 5.41) is 13.4. The van der Waals surface area contributed by atoms with E-state index in [1.807, 2.05) is 0 Å². The van der Waals surface area contributed by atoms with Crippen molar-refractivity contribution in [1.82, 2.24) is 9.59 Å². The normalized spacial score (nSPS) is 12.7. The Labute approximate surface area is 104 Å². The van der Waals surface area contributed by atoms with Gasteiger partial charge in [0.1, 0.15) is 5.82 Å². The molecule has 0 fully saturated rings. The Hall–Kier alpha value is -0.850. The summed E-state index contributed by atoms with van der Waals surface area (Å²) in [5.74, 6) is -0.328. The van der Waals surface area contributed by atoms with Gasteiger partial charge in [-0.15, -0.1) is 5.10 Å². The van der Waals surface area contributed by atoms with E-state index in [1.165, 1.54) is 12.3 Å². The van der Waals surface area contributed by atoms with Crippen molar-refractivity contribution in [1.29, 1.82) is 0 Å². The van der Waals surface area contributed by atoms with Gasteiger partial charge in [0.05, 0.1) is 17.2 Å². The highest BCUT2D eigenvalue weighted by molar-refractivity contribution is 9.10. The number of benzene rings is 1. The average Bonchev–Trinajstić information content (AvgIpc) is 2.75. The second-order valence-electron chi connectivity index (χ2n) is 3.28. The highest BCUT2D eigenvalue weighted by Crippen LogP contribution is 2.23. The van der Waals surface area contributed by atoms with Crippen molar-refractivity contribution in [3.8, 4) is 0 Å². The molecule has 0 aliphatic heterocycles. The lowest BCUT2D eigenvalue weighted by molar-refractivity contribution is 0.180. The van der Waals surface area contributed by atoms with Crippen molar-refractivity contribution >= 4 is 27.5 Å². The molecule has 16 heavy (non-hydrogen) atoms. The van der Waals surface area contributed by atoms with E-state index in [2.05, 4.69) is 25.5 Å². The first-order chi connectivity index (χ1) is 7.66. The molecule has 1 atom stereocenters. The number of aromatic nitrogens is 2. The monoisotopic (exact) mass is 302 g/mol. The highest BCUT2D eigenvalue weighted by Gasteiger charge is 2.13. The summed E-state index contributed by atoms with van der Waals surface area (Å²) in [6, 6.07) is 4.78. The SMILES string of the molecule is OC(Cc1ccc(Br)cc1F)c1cnns1. The number of hydrogen-bond donors (Lipinski definition) is 1. The predicted octanol–water partition coefficient (Wildman–Crippen LogP) is 2.72. The second-order valence-corrected chi connectivity index (χ2v) is 5.01. The summed E-state index contributed by atoms with van der Waals surface area (Å²) in [6.07, 6.45) is 0.963. The van der Waals surface area contributed by atoms with Gasteiger partial charge >= 0.3 is 0 Å². The first-order valence-electron chi connectivity index (χ1n) is 4.56. The molecular weight excluding hydrogens is 295 g/mol. The van der Waals surface area contributed by atoms with Crippen LogP contribution < -0.4 is 0 Å². The molecule has 1 heterocycles. The summed E-state index contributed by atoms with van der Waals surface area (Å²) >= 11 is 4.30. The van der Waals surface area contributed by atoms with Gasteiger partial charge < -0.3 is 5.11 Å².